The maximum Gasteiger partial charge on any atom is 0.228 e. The Morgan fingerprint density at radius 3 is 2.52 bits per heavy atom. The van der Waals surface area contributed by atoms with Gasteiger partial charge in [-0.2, -0.15) is 4.98 Å². The van der Waals surface area contributed by atoms with Crippen LogP contribution in [0.25, 0.3) is 0 Å². The van der Waals surface area contributed by atoms with Gasteiger partial charge in [0.25, 0.3) is 0 Å². The lowest BCUT2D eigenvalue weighted by Crippen LogP contribution is -2.47. The van der Waals surface area contributed by atoms with Gasteiger partial charge in [-0.1, -0.05) is 12.1 Å². The predicted molar refractivity (Wildman–Crippen MR) is 84.2 cm³/mol. The van der Waals surface area contributed by atoms with Crippen molar-refractivity contribution in [2.24, 2.45) is 0 Å². The van der Waals surface area contributed by atoms with Crippen LogP contribution in [-0.4, -0.2) is 43.3 Å². The van der Waals surface area contributed by atoms with Crippen LogP contribution >= 0.6 is 0 Å². The molecule has 0 amide bonds. The first-order chi connectivity index (χ1) is 10.3. The van der Waals surface area contributed by atoms with E-state index in [-0.39, 0.29) is 0 Å². The molecule has 5 nitrogen and oxygen atoms in total. The largest absolute Gasteiger partial charge is 0.481 e. The lowest BCUT2D eigenvalue weighted by atomic mass is 10.2. The maximum atomic E-state index is 5.16. The first-order valence-electron chi connectivity index (χ1n) is 7.20. The summed E-state index contributed by atoms with van der Waals surface area (Å²) in [7, 11) is 1.63. The fourth-order valence-corrected chi connectivity index (χ4v) is 2.59. The van der Waals surface area contributed by atoms with Crippen molar-refractivity contribution >= 4 is 11.6 Å². The summed E-state index contributed by atoms with van der Waals surface area (Å²) in [5.41, 5.74) is 2.59. The number of methoxy groups -OCH3 is 1. The molecule has 5 heteroatoms. The third-order valence-electron chi connectivity index (χ3n) is 3.76. The second-order valence-corrected chi connectivity index (χ2v) is 5.21. The van der Waals surface area contributed by atoms with E-state index >= 15 is 0 Å². The summed E-state index contributed by atoms with van der Waals surface area (Å²) in [5.74, 6) is 1.36. The van der Waals surface area contributed by atoms with Crippen LogP contribution in [0.2, 0.25) is 0 Å². The Balaban J connectivity index is 1.67. The highest BCUT2D eigenvalue weighted by atomic mass is 16.5. The zero-order valence-electron chi connectivity index (χ0n) is 12.5. The highest BCUT2D eigenvalue weighted by Gasteiger charge is 2.19. The number of benzene rings is 1. The molecule has 1 aromatic carbocycles. The van der Waals surface area contributed by atoms with Crippen molar-refractivity contribution in [3.05, 3.63) is 42.1 Å². The van der Waals surface area contributed by atoms with E-state index in [0.29, 0.717) is 5.88 Å². The Morgan fingerprint density at radius 1 is 1.05 bits per heavy atom. The van der Waals surface area contributed by atoms with Gasteiger partial charge in [-0.05, 0) is 24.6 Å². The van der Waals surface area contributed by atoms with Crippen molar-refractivity contribution < 1.29 is 4.74 Å². The third kappa shape index (κ3) is 3.07. The zero-order chi connectivity index (χ0) is 14.7. The van der Waals surface area contributed by atoms with Gasteiger partial charge in [-0.15, -0.1) is 0 Å². The number of aromatic nitrogens is 2. The molecule has 0 saturated carbocycles. The van der Waals surface area contributed by atoms with Gasteiger partial charge in [0.2, 0.25) is 11.8 Å². The van der Waals surface area contributed by atoms with Crippen molar-refractivity contribution in [2.45, 2.75) is 6.92 Å². The summed E-state index contributed by atoms with van der Waals surface area (Å²) in [4.78, 5) is 13.3. The molecule has 0 aliphatic carbocycles. The van der Waals surface area contributed by atoms with E-state index in [4.69, 9.17) is 4.74 Å². The van der Waals surface area contributed by atoms with E-state index in [1.54, 1.807) is 19.4 Å². The first-order valence-corrected chi connectivity index (χ1v) is 7.20. The van der Waals surface area contributed by atoms with Crippen LogP contribution in [0.15, 0.2) is 36.5 Å². The minimum Gasteiger partial charge on any atom is -0.481 e. The molecule has 1 fully saturated rings. The molecule has 0 radical (unpaired) electrons. The summed E-state index contributed by atoms with van der Waals surface area (Å²) in [6, 6.07) is 10.4. The Hall–Kier alpha value is -2.30. The van der Waals surface area contributed by atoms with Gasteiger partial charge in [-0.3, -0.25) is 0 Å². The second-order valence-electron chi connectivity index (χ2n) is 5.21. The molecule has 1 aliphatic rings. The van der Waals surface area contributed by atoms with E-state index in [0.717, 1.165) is 32.1 Å². The quantitative estimate of drug-likeness (QED) is 0.863. The van der Waals surface area contributed by atoms with E-state index in [1.165, 1.54) is 11.3 Å². The van der Waals surface area contributed by atoms with E-state index < -0.39 is 0 Å². The van der Waals surface area contributed by atoms with Crippen LogP contribution in [0.1, 0.15) is 5.56 Å². The molecule has 21 heavy (non-hydrogen) atoms. The van der Waals surface area contributed by atoms with Crippen molar-refractivity contribution in [3.8, 4) is 5.88 Å². The monoisotopic (exact) mass is 284 g/mol. The van der Waals surface area contributed by atoms with Crippen molar-refractivity contribution in [1.29, 1.82) is 0 Å². The molecule has 2 heterocycles. The predicted octanol–water partition coefficient (Wildman–Crippen LogP) is 2.12. The van der Waals surface area contributed by atoms with Gasteiger partial charge in [0, 0.05) is 44.1 Å². The SMILES string of the molecule is COc1ccnc(N2CCN(c3cccc(C)c3)CC2)n1. The third-order valence-corrected chi connectivity index (χ3v) is 3.76. The molecule has 3 rings (SSSR count). The summed E-state index contributed by atoms with van der Waals surface area (Å²) >= 11 is 0. The molecule has 110 valence electrons. The molecular weight excluding hydrogens is 264 g/mol. The Morgan fingerprint density at radius 2 is 1.81 bits per heavy atom. The van der Waals surface area contributed by atoms with Crippen LogP contribution in [0.4, 0.5) is 11.6 Å². The standard InChI is InChI=1S/C16H20N4O/c1-13-4-3-5-14(12-13)19-8-10-20(11-9-19)16-17-7-6-15(18-16)21-2/h3-7,12H,8-11H2,1-2H3. The van der Waals surface area contributed by atoms with Crippen molar-refractivity contribution in [3.63, 3.8) is 0 Å². The van der Waals surface area contributed by atoms with Crippen molar-refractivity contribution in [1.82, 2.24) is 9.97 Å². The molecule has 1 saturated heterocycles. The van der Waals surface area contributed by atoms with Gasteiger partial charge < -0.3 is 14.5 Å². The molecule has 0 bridgehead atoms. The molecule has 2 aromatic rings. The average Bonchev–Trinajstić information content (AvgIpc) is 2.55. The molecule has 0 N–H and O–H groups in total. The fraction of sp³-hybridized carbons (Fsp3) is 0.375. The smallest absolute Gasteiger partial charge is 0.228 e. The van der Waals surface area contributed by atoms with Gasteiger partial charge in [0.1, 0.15) is 0 Å². The summed E-state index contributed by atoms with van der Waals surface area (Å²) < 4.78 is 5.16. The number of nitrogens with zero attached hydrogens (tertiary/aromatic N) is 4. The molecule has 1 aromatic heterocycles. The Labute approximate surface area is 125 Å². The highest BCUT2D eigenvalue weighted by Crippen LogP contribution is 2.20. The second kappa shape index (κ2) is 5.99. The topological polar surface area (TPSA) is 41.5 Å². The number of aryl methyl sites for hydroxylation is 1. The lowest BCUT2D eigenvalue weighted by molar-refractivity contribution is 0.396. The highest BCUT2D eigenvalue weighted by molar-refractivity contribution is 5.50. The number of hydrogen-bond acceptors (Lipinski definition) is 5. The van der Waals surface area contributed by atoms with E-state index in [1.807, 2.05) is 0 Å². The van der Waals surface area contributed by atoms with Crippen LogP contribution in [-0.2, 0) is 0 Å². The average molecular weight is 284 g/mol. The Bertz CT molecular complexity index is 609. The fourth-order valence-electron chi connectivity index (χ4n) is 2.59. The number of ether oxygens (including phenoxy) is 1. The van der Waals surface area contributed by atoms with Crippen LogP contribution < -0.4 is 14.5 Å². The van der Waals surface area contributed by atoms with Gasteiger partial charge in [0.05, 0.1) is 7.11 Å². The number of rotatable bonds is 3. The normalized spacial score (nSPS) is 15.1. The minimum atomic E-state index is 0.612. The van der Waals surface area contributed by atoms with Crippen LogP contribution in [0, 0.1) is 6.92 Å². The van der Waals surface area contributed by atoms with E-state index in [9.17, 15) is 0 Å². The molecule has 1 aliphatic heterocycles. The molecule has 0 atom stereocenters. The zero-order valence-corrected chi connectivity index (χ0v) is 12.5. The summed E-state index contributed by atoms with van der Waals surface area (Å²) in [6.45, 7) is 5.92. The number of anilines is 2. The van der Waals surface area contributed by atoms with Crippen LogP contribution in [0.5, 0.6) is 5.88 Å². The molecule has 0 unspecified atom stereocenters. The Kier molecular flexibility index (Phi) is 3.90. The van der Waals surface area contributed by atoms with Gasteiger partial charge in [0.15, 0.2) is 0 Å². The maximum absolute atomic E-state index is 5.16. The number of piperazine rings is 1. The van der Waals surface area contributed by atoms with Crippen molar-refractivity contribution in [2.75, 3.05) is 43.1 Å². The lowest BCUT2D eigenvalue weighted by Gasteiger charge is -2.36. The minimum absolute atomic E-state index is 0.612. The molecular formula is C16H20N4O. The molecule has 0 spiro atoms. The summed E-state index contributed by atoms with van der Waals surface area (Å²) in [6.07, 6.45) is 1.74. The van der Waals surface area contributed by atoms with E-state index in [2.05, 4.69) is 51.0 Å². The number of hydrogen-bond donors (Lipinski definition) is 0. The van der Waals surface area contributed by atoms with Gasteiger partial charge in [-0.25, -0.2) is 4.98 Å². The summed E-state index contributed by atoms with van der Waals surface area (Å²) in [5, 5.41) is 0. The van der Waals surface area contributed by atoms with Crippen LogP contribution in [0.3, 0.4) is 0 Å². The van der Waals surface area contributed by atoms with Gasteiger partial charge >= 0.3 is 0 Å². The first kappa shape index (κ1) is 13.7.